The van der Waals surface area contributed by atoms with Crippen molar-refractivity contribution in [3.8, 4) is 5.75 Å². The first-order chi connectivity index (χ1) is 10.2. The Morgan fingerprint density at radius 1 is 1.29 bits per heavy atom. The zero-order valence-electron chi connectivity index (χ0n) is 12.5. The number of aromatic hydroxyl groups is 1. The molecule has 4 heteroatoms. The largest absolute Gasteiger partial charge is 0.508 e. The first-order valence-corrected chi connectivity index (χ1v) is 7.72. The Morgan fingerprint density at radius 3 is 2.90 bits per heavy atom. The molecule has 0 amide bonds. The molecule has 0 unspecified atom stereocenters. The van der Waals surface area contributed by atoms with Crippen molar-refractivity contribution < 1.29 is 5.11 Å². The van der Waals surface area contributed by atoms with Gasteiger partial charge in [0.15, 0.2) is 0 Å². The van der Waals surface area contributed by atoms with Gasteiger partial charge in [-0.25, -0.2) is 4.98 Å². The Kier molecular flexibility index (Phi) is 4.25. The summed E-state index contributed by atoms with van der Waals surface area (Å²) in [6, 6.07) is 7.39. The highest BCUT2D eigenvalue weighted by atomic mass is 16.3. The van der Waals surface area contributed by atoms with Gasteiger partial charge in [0.05, 0.1) is 0 Å². The van der Waals surface area contributed by atoms with Gasteiger partial charge in [-0.1, -0.05) is 6.07 Å². The van der Waals surface area contributed by atoms with Gasteiger partial charge in [-0.05, 0) is 68.9 Å². The van der Waals surface area contributed by atoms with Crippen LogP contribution in [0.15, 0.2) is 30.5 Å². The van der Waals surface area contributed by atoms with E-state index in [1.54, 1.807) is 12.1 Å². The lowest BCUT2D eigenvalue weighted by Gasteiger charge is -2.28. The summed E-state index contributed by atoms with van der Waals surface area (Å²) in [6.07, 6.45) is 5.59. The number of likely N-dealkylation sites (tertiary alicyclic amines) is 1. The molecule has 0 saturated carbocycles. The van der Waals surface area contributed by atoms with Crippen molar-refractivity contribution in [1.29, 1.82) is 0 Å². The molecule has 112 valence electrons. The predicted octanol–water partition coefficient (Wildman–Crippen LogP) is 3.08. The minimum Gasteiger partial charge on any atom is -0.508 e. The summed E-state index contributed by atoms with van der Waals surface area (Å²) in [5, 5.41) is 15.2. The van der Waals surface area contributed by atoms with E-state index in [0.29, 0.717) is 0 Å². The Morgan fingerprint density at radius 2 is 2.10 bits per heavy atom. The number of hydrogen-bond donors (Lipinski definition) is 2. The number of nitrogens with one attached hydrogen (secondary N) is 1. The van der Waals surface area contributed by atoms with E-state index in [0.717, 1.165) is 29.1 Å². The molecule has 1 aliphatic heterocycles. The van der Waals surface area contributed by atoms with E-state index < -0.39 is 0 Å². The number of hydrogen-bond acceptors (Lipinski definition) is 4. The van der Waals surface area contributed by atoms with Crippen LogP contribution in [0.25, 0.3) is 10.8 Å². The third kappa shape index (κ3) is 3.45. The van der Waals surface area contributed by atoms with E-state index >= 15 is 0 Å². The molecular formula is C17H23N3O. The minimum atomic E-state index is 0.286. The topological polar surface area (TPSA) is 48.4 Å². The van der Waals surface area contributed by atoms with E-state index in [1.807, 2.05) is 18.3 Å². The van der Waals surface area contributed by atoms with Crippen molar-refractivity contribution in [2.75, 3.05) is 32.0 Å². The van der Waals surface area contributed by atoms with Crippen LogP contribution in [0.5, 0.6) is 5.75 Å². The molecule has 1 aromatic carbocycles. The maximum Gasteiger partial charge on any atom is 0.133 e. The van der Waals surface area contributed by atoms with Gasteiger partial charge >= 0.3 is 0 Å². The average Bonchev–Trinajstić information content (AvgIpc) is 2.50. The summed E-state index contributed by atoms with van der Waals surface area (Å²) in [4.78, 5) is 6.81. The van der Waals surface area contributed by atoms with Gasteiger partial charge in [0.25, 0.3) is 0 Å². The smallest absolute Gasteiger partial charge is 0.133 e. The van der Waals surface area contributed by atoms with Gasteiger partial charge in [-0.15, -0.1) is 0 Å². The molecule has 1 aliphatic rings. The molecule has 0 aliphatic carbocycles. The number of pyridine rings is 1. The fraction of sp³-hybridized carbons (Fsp3) is 0.471. The number of benzene rings is 1. The van der Waals surface area contributed by atoms with E-state index in [9.17, 15) is 5.11 Å². The standard InChI is InChI=1S/C17H23N3O/c1-20-10-6-13(7-11-20)4-8-18-17-16-12-15(21)3-2-14(16)5-9-19-17/h2-3,5,9,12-13,21H,4,6-8,10-11H2,1H3,(H,18,19). The van der Waals surface area contributed by atoms with Crippen LogP contribution in [-0.4, -0.2) is 41.7 Å². The fourth-order valence-corrected chi connectivity index (χ4v) is 3.04. The lowest BCUT2D eigenvalue weighted by molar-refractivity contribution is 0.215. The molecule has 2 heterocycles. The van der Waals surface area contributed by atoms with Crippen LogP contribution in [0.4, 0.5) is 5.82 Å². The number of phenols is 1. The third-order valence-corrected chi connectivity index (χ3v) is 4.43. The molecule has 1 fully saturated rings. The third-order valence-electron chi connectivity index (χ3n) is 4.43. The van der Waals surface area contributed by atoms with Crippen LogP contribution in [0, 0.1) is 5.92 Å². The van der Waals surface area contributed by atoms with Gasteiger partial charge in [-0.3, -0.25) is 0 Å². The molecule has 0 spiro atoms. The van der Waals surface area contributed by atoms with Crippen molar-refractivity contribution in [2.45, 2.75) is 19.3 Å². The van der Waals surface area contributed by atoms with E-state index in [2.05, 4.69) is 22.2 Å². The highest BCUT2D eigenvalue weighted by molar-refractivity contribution is 5.92. The summed E-state index contributed by atoms with van der Waals surface area (Å²) >= 11 is 0. The van der Waals surface area contributed by atoms with Crippen molar-refractivity contribution in [3.63, 3.8) is 0 Å². The summed E-state index contributed by atoms with van der Waals surface area (Å²) < 4.78 is 0. The van der Waals surface area contributed by atoms with Crippen LogP contribution in [0.3, 0.4) is 0 Å². The van der Waals surface area contributed by atoms with Crippen LogP contribution in [0.2, 0.25) is 0 Å². The van der Waals surface area contributed by atoms with Crippen LogP contribution in [-0.2, 0) is 0 Å². The summed E-state index contributed by atoms with van der Waals surface area (Å²) in [7, 11) is 2.20. The maximum absolute atomic E-state index is 9.65. The van der Waals surface area contributed by atoms with Crippen molar-refractivity contribution >= 4 is 16.6 Å². The number of phenolic OH excluding ortho intramolecular Hbond substituents is 1. The Balaban J connectivity index is 1.61. The van der Waals surface area contributed by atoms with Crippen LogP contribution in [0.1, 0.15) is 19.3 Å². The minimum absolute atomic E-state index is 0.286. The van der Waals surface area contributed by atoms with Crippen molar-refractivity contribution in [2.24, 2.45) is 5.92 Å². The van der Waals surface area contributed by atoms with Crippen molar-refractivity contribution in [3.05, 3.63) is 30.5 Å². The van der Waals surface area contributed by atoms with Gasteiger partial charge in [0, 0.05) is 18.1 Å². The molecule has 4 nitrogen and oxygen atoms in total. The summed E-state index contributed by atoms with van der Waals surface area (Å²) in [5.74, 6) is 1.97. The molecule has 0 radical (unpaired) electrons. The SMILES string of the molecule is CN1CCC(CCNc2nccc3ccc(O)cc23)CC1. The highest BCUT2D eigenvalue weighted by Gasteiger charge is 2.16. The molecule has 0 bridgehead atoms. The van der Waals surface area contributed by atoms with E-state index in [1.165, 1.54) is 32.4 Å². The molecule has 0 atom stereocenters. The first kappa shape index (κ1) is 14.1. The quantitative estimate of drug-likeness (QED) is 0.906. The van der Waals surface area contributed by atoms with Gasteiger partial charge in [0.1, 0.15) is 11.6 Å². The number of aromatic nitrogens is 1. The normalized spacial score (nSPS) is 17.2. The molecule has 2 aromatic rings. The molecule has 1 saturated heterocycles. The van der Waals surface area contributed by atoms with Crippen LogP contribution < -0.4 is 5.32 Å². The monoisotopic (exact) mass is 285 g/mol. The fourth-order valence-electron chi connectivity index (χ4n) is 3.04. The zero-order chi connectivity index (χ0) is 14.7. The Hall–Kier alpha value is -1.81. The van der Waals surface area contributed by atoms with E-state index in [4.69, 9.17) is 0 Å². The number of rotatable bonds is 4. The lowest BCUT2D eigenvalue weighted by Crippen LogP contribution is -2.30. The molecule has 21 heavy (non-hydrogen) atoms. The number of piperidine rings is 1. The molecule has 3 rings (SSSR count). The zero-order valence-corrected chi connectivity index (χ0v) is 12.5. The molecule has 1 aromatic heterocycles. The second-order valence-electron chi connectivity index (χ2n) is 6.03. The van der Waals surface area contributed by atoms with E-state index in [-0.39, 0.29) is 5.75 Å². The first-order valence-electron chi connectivity index (χ1n) is 7.72. The van der Waals surface area contributed by atoms with Crippen molar-refractivity contribution in [1.82, 2.24) is 9.88 Å². The van der Waals surface area contributed by atoms with Crippen LogP contribution >= 0.6 is 0 Å². The number of fused-ring (bicyclic) bond motifs is 1. The summed E-state index contributed by atoms with van der Waals surface area (Å²) in [6.45, 7) is 3.37. The Labute approximate surface area is 125 Å². The summed E-state index contributed by atoms with van der Waals surface area (Å²) in [5.41, 5.74) is 0. The molecule has 2 N–H and O–H groups in total. The average molecular weight is 285 g/mol. The maximum atomic E-state index is 9.65. The van der Waals surface area contributed by atoms with Gasteiger partial charge in [-0.2, -0.15) is 0 Å². The predicted molar refractivity (Wildman–Crippen MR) is 86.7 cm³/mol. The van der Waals surface area contributed by atoms with Gasteiger partial charge in [0.2, 0.25) is 0 Å². The second kappa shape index (κ2) is 6.31. The Bertz CT molecular complexity index is 606. The number of nitrogens with zero attached hydrogens (tertiary/aromatic N) is 2. The second-order valence-corrected chi connectivity index (χ2v) is 6.03. The molecular weight excluding hydrogens is 262 g/mol. The number of anilines is 1. The lowest BCUT2D eigenvalue weighted by atomic mass is 9.94. The van der Waals surface area contributed by atoms with Gasteiger partial charge < -0.3 is 15.3 Å². The highest BCUT2D eigenvalue weighted by Crippen LogP contribution is 2.25.